The Bertz CT molecular complexity index is 4730. The first-order chi connectivity index (χ1) is 40.2. The van der Waals surface area contributed by atoms with Crippen molar-refractivity contribution in [3.05, 3.63) is 338 Å². The average Bonchev–Trinajstić information content (AvgIpc) is 3.41. The Morgan fingerprint density at radius 1 is 0.259 bits per heavy atom. The zero-order valence-electron chi connectivity index (χ0n) is 44.4. The molecule has 2 aliphatic rings. The molecule has 1 aromatic heterocycles. The van der Waals surface area contributed by atoms with Crippen LogP contribution in [0.5, 0.6) is 0 Å². The number of benzene rings is 13. The summed E-state index contributed by atoms with van der Waals surface area (Å²) in [6.45, 7) is 0. The van der Waals surface area contributed by atoms with Gasteiger partial charge < -0.3 is 9.47 Å². The minimum absolute atomic E-state index is 0.544. The molecule has 378 valence electrons. The summed E-state index contributed by atoms with van der Waals surface area (Å²) in [6, 6.07) is 117. The average molecular weight is 1030 g/mol. The second-order valence-electron chi connectivity index (χ2n) is 21.5. The molecule has 0 bridgehead atoms. The van der Waals surface area contributed by atoms with Crippen molar-refractivity contribution < 1.29 is 0 Å². The third-order valence-electron chi connectivity index (χ3n) is 17.2. The standard InChI is InChI=1S/C79H52N2/c1-4-21-53(22-5-1)55-41-43-58(44-42-55)63-29-11-15-38-74(63)80(77-64(57-25-8-3-9-26-57)32-19-33-65(77)61-28-18-27-59(51-61)54-23-6-2-7-24-54)62-48-45-56(46-49-62)60-47-50-67-66-30-10-13-35-70(66)79(73(67)52-60)71-36-14-17-40-76(71)81-75-39-16-12-31-68(75)69-34-20-37-72(79)78(69)81/h1-52H. The highest BCUT2D eigenvalue weighted by Crippen LogP contribution is 2.61. The molecule has 1 aliphatic heterocycles. The van der Waals surface area contributed by atoms with E-state index in [0.717, 1.165) is 56.0 Å². The lowest BCUT2D eigenvalue weighted by atomic mass is 9.65. The topological polar surface area (TPSA) is 8.17 Å². The predicted molar refractivity (Wildman–Crippen MR) is 339 cm³/mol. The Hall–Kier alpha value is -10.5. The summed E-state index contributed by atoms with van der Waals surface area (Å²) in [7, 11) is 0. The first-order valence-electron chi connectivity index (χ1n) is 28.1. The molecule has 0 saturated carbocycles. The highest BCUT2D eigenvalue weighted by atomic mass is 15.2. The van der Waals surface area contributed by atoms with Crippen molar-refractivity contribution in [3.8, 4) is 83.6 Å². The summed E-state index contributed by atoms with van der Waals surface area (Å²) in [4.78, 5) is 2.52. The summed E-state index contributed by atoms with van der Waals surface area (Å²) < 4.78 is 2.52. The normalized spacial score (nSPS) is 13.7. The Balaban J connectivity index is 0.899. The smallest absolute Gasteiger partial charge is 0.0754 e. The molecule has 81 heavy (non-hydrogen) atoms. The maximum Gasteiger partial charge on any atom is 0.0754 e. The zero-order chi connectivity index (χ0) is 53.4. The number of rotatable bonds is 9. The van der Waals surface area contributed by atoms with Crippen LogP contribution in [0, 0.1) is 0 Å². The molecule has 0 saturated heterocycles. The van der Waals surface area contributed by atoms with Gasteiger partial charge >= 0.3 is 0 Å². The van der Waals surface area contributed by atoms with Crippen LogP contribution in [0.4, 0.5) is 17.1 Å². The minimum atomic E-state index is -0.544. The number of fused-ring (bicyclic) bond motifs is 12. The Morgan fingerprint density at radius 3 is 1.49 bits per heavy atom. The monoisotopic (exact) mass is 1030 g/mol. The molecule has 16 rings (SSSR count). The van der Waals surface area contributed by atoms with E-state index >= 15 is 0 Å². The van der Waals surface area contributed by atoms with Gasteiger partial charge in [-0.15, -0.1) is 0 Å². The van der Waals surface area contributed by atoms with Gasteiger partial charge in [-0.05, 0) is 126 Å². The zero-order valence-corrected chi connectivity index (χ0v) is 44.4. The van der Waals surface area contributed by atoms with Crippen LogP contribution in [-0.4, -0.2) is 4.57 Å². The fraction of sp³-hybridized carbons (Fsp3) is 0.0127. The predicted octanol–water partition coefficient (Wildman–Crippen LogP) is 20.9. The molecule has 2 heterocycles. The maximum atomic E-state index is 2.52. The summed E-state index contributed by atoms with van der Waals surface area (Å²) >= 11 is 0. The van der Waals surface area contributed by atoms with Crippen LogP contribution in [0.15, 0.2) is 315 Å². The summed E-state index contributed by atoms with van der Waals surface area (Å²) in [5.74, 6) is 0. The number of hydrogen-bond donors (Lipinski definition) is 0. The molecule has 1 unspecified atom stereocenters. The lowest BCUT2D eigenvalue weighted by Gasteiger charge is -2.39. The Labute approximate surface area is 472 Å². The fourth-order valence-electron chi connectivity index (χ4n) is 13.7. The van der Waals surface area contributed by atoms with E-state index in [1.165, 1.54) is 88.7 Å². The third-order valence-corrected chi connectivity index (χ3v) is 17.2. The molecular formula is C79H52N2. The van der Waals surface area contributed by atoms with E-state index in [0.29, 0.717) is 0 Å². The number of para-hydroxylation sites is 5. The van der Waals surface area contributed by atoms with Crippen LogP contribution in [0.2, 0.25) is 0 Å². The van der Waals surface area contributed by atoms with Gasteiger partial charge in [-0.1, -0.05) is 273 Å². The van der Waals surface area contributed by atoms with Crippen molar-refractivity contribution in [2.75, 3.05) is 4.90 Å². The van der Waals surface area contributed by atoms with Gasteiger partial charge in [0.05, 0.1) is 33.5 Å². The van der Waals surface area contributed by atoms with E-state index in [2.05, 4.69) is 325 Å². The van der Waals surface area contributed by atoms with E-state index in [4.69, 9.17) is 0 Å². The largest absolute Gasteiger partial charge is 0.309 e. The Morgan fingerprint density at radius 2 is 0.716 bits per heavy atom. The number of hydrogen-bond acceptors (Lipinski definition) is 1. The molecule has 0 radical (unpaired) electrons. The molecule has 14 aromatic rings. The SMILES string of the molecule is c1ccc(-c2ccc(-c3ccccc3N(c3ccc(-c4ccc5c(c4)C4(c6ccccc6-5)c5ccccc5-n5c6ccccc6c6cccc4c65)cc3)c3c(-c4ccccc4)cccc3-c3cccc(-c4ccccc4)c3)cc2)cc1. The molecule has 0 fully saturated rings. The first kappa shape index (κ1) is 46.5. The molecule has 1 spiro atoms. The number of aromatic nitrogens is 1. The van der Waals surface area contributed by atoms with E-state index < -0.39 is 5.41 Å². The molecule has 2 heteroatoms. The van der Waals surface area contributed by atoms with Gasteiger partial charge in [0.15, 0.2) is 0 Å². The highest BCUT2D eigenvalue weighted by Gasteiger charge is 2.51. The first-order valence-corrected chi connectivity index (χ1v) is 28.1. The molecule has 1 aliphatic carbocycles. The van der Waals surface area contributed by atoms with Crippen LogP contribution in [0.1, 0.15) is 22.3 Å². The highest BCUT2D eigenvalue weighted by molar-refractivity contribution is 6.13. The molecule has 2 nitrogen and oxygen atoms in total. The second-order valence-corrected chi connectivity index (χ2v) is 21.5. The van der Waals surface area contributed by atoms with E-state index in [1.54, 1.807) is 0 Å². The maximum absolute atomic E-state index is 2.52. The van der Waals surface area contributed by atoms with Crippen LogP contribution < -0.4 is 4.90 Å². The molecule has 0 amide bonds. The molecule has 0 N–H and O–H groups in total. The van der Waals surface area contributed by atoms with E-state index in [9.17, 15) is 0 Å². The van der Waals surface area contributed by atoms with Crippen LogP contribution in [-0.2, 0) is 5.41 Å². The molecule has 1 atom stereocenters. The van der Waals surface area contributed by atoms with Crippen molar-refractivity contribution in [1.82, 2.24) is 4.57 Å². The summed E-state index contributed by atoms with van der Waals surface area (Å²) in [5.41, 5.74) is 28.2. The van der Waals surface area contributed by atoms with Crippen LogP contribution >= 0.6 is 0 Å². The van der Waals surface area contributed by atoms with Gasteiger partial charge in [0, 0.05) is 33.2 Å². The van der Waals surface area contributed by atoms with Crippen LogP contribution in [0.3, 0.4) is 0 Å². The van der Waals surface area contributed by atoms with Gasteiger partial charge in [-0.2, -0.15) is 0 Å². The number of anilines is 3. The van der Waals surface area contributed by atoms with E-state index in [-0.39, 0.29) is 0 Å². The van der Waals surface area contributed by atoms with Gasteiger partial charge in [-0.25, -0.2) is 0 Å². The van der Waals surface area contributed by atoms with Gasteiger partial charge in [0.1, 0.15) is 0 Å². The quantitative estimate of drug-likeness (QED) is 0.140. The van der Waals surface area contributed by atoms with Crippen molar-refractivity contribution in [1.29, 1.82) is 0 Å². The van der Waals surface area contributed by atoms with Gasteiger partial charge in [0.2, 0.25) is 0 Å². The molecule has 13 aromatic carbocycles. The van der Waals surface area contributed by atoms with Gasteiger partial charge in [0.25, 0.3) is 0 Å². The summed E-state index contributed by atoms with van der Waals surface area (Å²) in [6.07, 6.45) is 0. The lowest BCUT2D eigenvalue weighted by Crippen LogP contribution is -2.33. The van der Waals surface area contributed by atoms with Crippen molar-refractivity contribution >= 4 is 38.9 Å². The van der Waals surface area contributed by atoms with Gasteiger partial charge in [-0.3, -0.25) is 0 Å². The van der Waals surface area contributed by atoms with Crippen molar-refractivity contribution in [2.24, 2.45) is 0 Å². The lowest BCUT2D eigenvalue weighted by molar-refractivity contribution is 0.749. The minimum Gasteiger partial charge on any atom is -0.309 e. The fourth-order valence-corrected chi connectivity index (χ4v) is 13.7. The van der Waals surface area contributed by atoms with E-state index in [1.807, 2.05) is 0 Å². The third kappa shape index (κ3) is 7.27. The molecular weight excluding hydrogens is 977 g/mol. The Kier molecular flexibility index (Phi) is 10.8. The van der Waals surface area contributed by atoms with Crippen molar-refractivity contribution in [3.63, 3.8) is 0 Å². The second kappa shape index (κ2) is 18.8. The van der Waals surface area contributed by atoms with Crippen molar-refractivity contribution in [2.45, 2.75) is 5.41 Å². The van der Waals surface area contributed by atoms with Crippen LogP contribution in [0.25, 0.3) is 105 Å². The summed E-state index contributed by atoms with van der Waals surface area (Å²) in [5, 5.41) is 2.56. The number of nitrogens with zero attached hydrogens (tertiary/aromatic N) is 2.